The molecule has 1 nitrogen and oxygen atoms in total. The van der Waals surface area contributed by atoms with Crippen molar-refractivity contribution < 1.29 is 4.39 Å². The van der Waals surface area contributed by atoms with Crippen LogP contribution in [0.2, 0.25) is 0 Å². The molecule has 0 amide bonds. The number of aryl methyl sites for hydroxylation is 1. The van der Waals surface area contributed by atoms with E-state index in [9.17, 15) is 4.39 Å². The molecular weight excluding hydrogens is 213 g/mol. The fourth-order valence-electron chi connectivity index (χ4n) is 1.86. The summed E-state index contributed by atoms with van der Waals surface area (Å²) < 4.78 is 13.8. The van der Waals surface area contributed by atoms with E-state index in [2.05, 4.69) is 0 Å². The van der Waals surface area contributed by atoms with E-state index in [4.69, 9.17) is 5.73 Å². The highest BCUT2D eigenvalue weighted by molar-refractivity contribution is 5.65. The van der Waals surface area contributed by atoms with Crippen LogP contribution in [0.15, 0.2) is 42.5 Å². The van der Waals surface area contributed by atoms with E-state index < -0.39 is 0 Å². The lowest BCUT2D eigenvalue weighted by Crippen LogP contribution is -2.05. The van der Waals surface area contributed by atoms with Gasteiger partial charge >= 0.3 is 0 Å². The molecule has 2 aromatic rings. The van der Waals surface area contributed by atoms with Crippen molar-refractivity contribution >= 4 is 0 Å². The summed E-state index contributed by atoms with van der Waals surface area (Å²) in [5.74, 6) is -0.208. The van der Waals surface area contributed by atoms with Gasteiger partial charge < -0.3 is 5.73 Å². The highest BCUT2D eigenvalue weighted by Crippen LogP contribution is 2.26. The molecule has 1 atom stereocenters. The van der Waals surface area contributed by atoms with Gasteiger partial charge in [-0.3, -0.25) is 0 Å². The van der Waals surface area contributed by atoms with Gasteiger partial charge in [-0.05, 0) is 37.1 Å². The van der Waals surface area contributed by atoms with Gasteiger partial charge in [0.05, 0.1) is 0 Å². The van der Waals surface area contributed by atoms with Gasteiger partial charge in [0.1, 0.15) is 5.82 Å². The predicted molar refractivity (Wildman–Crippen MR) is 69.2 cm³/mol. The smallest absolute Gasteiger partial charge is 0.131 e. The first-order chi connectivity index (χ1) is 8.08. The third-order valence-corrected chi connectivity index (χ3v) is 2.85. The van der Waals surface area contributed by atoms with Crippen molar-refractivity contribution in [3.8, 4) is 11.1 Å². The van der Waals surface area contributed by atoms with Gasteiger partial charge in [0.15, 0.2) is 0 Å². The average Bonchev–Trinajstić information content (AvgIpc) is 2.29. The molecule has 0 aliphatic heterocycles. The average molecular weight is 229 g/mol. The molecule has 0 saturated heterocycles. The number of hydrogen-bond acceptors (Lipinski definition) is 1. The summed E-state index contributed by atoms with van der Waals surface area (Å²) in [6, 6.07) is 12.8. The normalized spacial score (nSPS) is 12.5. The van der Waals surface area contributed by atoms with Crippen molar-refractivity contribution in [3.63, 3.8) is 0 Å². The van der Waals surface area contributed by atoms with Crippen LogP contribution in [0.25, 0.3) is 11.1 Å². The zero-order valence-electron chi connectivity index (χ0n) is 10.1. The summed E-state index contributed by atoms with van der Waals surface area (Å²) in [6.45, 7) is 3.89. The first kappa shape index (κ1) is 11.8. The maximum atomic E-state index is 13.8. The second-order valence-corrected chi connectivity index (χ2v) is 4.40. The topological polar surface area (TPSA) is 26.0 Å². The molecule has 2 N–H and O–H groups in total. The predicted octanol–water partition coefficient (Wildman–Crippen LogP) is 3.82. The molecule has 0 radical (unpaired) electrons. The SMILES string of the molecule is Cc1cccc(-c2cc(C(C)N)ccc2F)c1. The van der Waals surface area contributed by atoms with Crippen LogP contribution < -0.4 is 5.73 Å². The maximum Gasteiger partial charge on any atom is 0.131 e. The van der Waals surface area contributed by atoms with Gasteiger partial charge in [0.25, 0.3) is 0 Å². The summed E-state index contributed by atoms with van der Waals surface area (Å²) in [5.41, 5.74) is 9.39. The fourth-order valence-corrected chi connectivity index (χ4v) is 1.86. The van der Waals surface area contributed by atoms with E-state index in [-0.39, 0.29) is 11.9 Å². The third-order valence-electron chi connectivity index (χ3n) is 2.85. The molecule has 2 aromatic carbocycles. The van der Waals surface area contributed by atoms with Crippen molar-refractivity contribution in [2.45, 2.75) is 19.9 Å². The van der Waals surface area contributed by atoms with Crippen LogP contribution in [-0.4, -0.2) is 0 Å². The number of halogens is 1. The molecule has 2 heteroatoms. The lowest BCUT2D eigenvalue weighted by Gasteiger charge is -2.10. The first-order valence-corrected chi connectivity index (χ1v) is 5.70. The van der Waals surface area contributed by atoms with Crippen LogP contribution in [0.4, 0.5) is 4.39 Å². The lowest BCUT2D eigenvalue weighted by atomic mass is 9.99. The van der Waals surface area contributed by atoms with E-state index in [1.807, 2.05) is 44.2 Å². The van der Waals surface area contributed by atoms with Crippen LogP contribution in [0, 0.1) is 12.7 Å². The number of nitrogens with two attached hydrogens (primary N) is 1. The second-order valence-electron chi connectivity index (χ2n) is 4.40. The second kappa shape index (κ2) is 4.68. The summed E-state index contributed by atoms with van der Waals surface area (Å²) in [7, 11) is 0. The number of benzene rings is 2. The Labute approximate surface area is 101 Å². The van der Waals surface area contributed by atoms with Crippen LogP contribution in [0.3, 0.4) is 0 Å². The lowest BCUT2D eigenvalue weighted by molar-refractivity contribution is 0.629. The van der Waals surface area contributed by atoms with Crippen molar-refractivity contribution in [2.75, 3.05) is 0 Å². The minimum Gasteiger partial charge on any atom is -0.324 e. The van der Waals surface area contributed by atoms with E-state index in [0.717, 1.165) is 16.7 Å². The van der Waals surface area contributed by atoms with Crippen LogP contribution in [0.1, 0.15) is 24.1 Å². The van der Waals surface area contributed by atoms with Gasteiger partial charge in [0.2, 0.25) is 0 Å². The molecule has 0 aliphatic rings. The Balaban J connectivity index is 2.54. The summed E-state index contributed by atoms with van der Waals surface area (Å²) in [6.07, 6.45) is 0. The minimum atomic E-state index is -0.208. The molecule has 0 bridgehead atoms. The van der Waals surface area contributed by atoms with Gasteiger partial charge in [-0.25, -0.2) is 4.39 Å². The van der Waals surface area contributed by atoms with Gasteiger partial charge in [-0.15, -0.1) is 0 Å². The van der Waals surface area contributed by atoms with Crippen molar-refractivity contribution in [3.05, 3.63) is 59.4 Å². The summed E-state index contributed by atoms with van der Waals surface area (Å²) in [5, 5.41) is 0. The highest BCUT2D eigenvalue weighted by Gasteiger charge is 2.08. The Morgan fingerprint density at radius 2 is 1.88 bits per heavy atom. The Kier molecular flexibility index (Phi) is 3.25. The zero-order chi connectivity index (χ0) is 12.4. The fraction of sp³-hybridized carbons (Fsp3) is 0.200. The Morgan fingerprint density at radius 3 is 2.53 bits per heavy atom. The van der Waals surface area contributed by atoms with Crippen molar-refractivity contribution in [1.29, 1.82) is 0 Å². The maximum absolute atomic E-state index is 13.8. The highest BCUT2D eigenvalue weighted by atomic mass is 19.1. The largest absolute Gasteiger partial charge is 0.324 e. The molecule has 17 heavy (non-hydrogen) atoms. The van der Waals surface area contributed by atoms with Gasteiger partial charge in [0, 0.05) is 11.6 Å². The first-order valence-electron chi connectivity index (χ1n) is 5.70. The monoisotopic (exact) mass is 229 g/mol. The van der Waals surface area contributed by atoms with Crippen LogP contribution in [-0.2, 0) is 0 Å². The van der Waals surface area contributed by atoms with Crippen LogP contribution in [0.5, 0.6) is 0 Å². The standard InChI is InChI=1S/C15H16FN/c1-10-4-3-5-13(8-10)14-9-12(11(2)17)6-7-15(14)16/h3-9,11H,17H2,1-2H3. The summed E-state index contributed by atoms with van der Waals surface area (Å²) >= 11 is 0. The molecular formula is C15H16FN. The van der Waals surface area contributed by atoms with Gasteiger partial charge in [-0.2, -0.15) is 0 Å². The quantitative estimate of drug-likeness (QED) is 0.832. The van der Waals surface area contributed by atoms with Gasteiger partial charge in [-0.1, -0.05) is 35.9 Å². The van der Waals surface area contributed by atoms with Crippen LogP contribution >= 0.6 is 0 Å². The van der Waals surface area contributed by atoms with E-state index in [1.54, 1.807) is 6.07 Å². The van der Waals surface area contributed by atoms with E-state index in [1.165, 1.54) is 6.07 Å². The Morgan fingerprint density at radius 1 is 1.12 bits per heavy atom. The van der Waals surface area contributed by atoms with Crippen molar-refractivity contribution in [2.24, 2.45) is 5.73 Å². The Hall–Kier alpha value is -1.67. The molecule has 0 aromatic heterocycles. The molecule has 0 saturated carbocycles. The van der Waals surface area contributed by atoms with Crippen molar-refractivity contribution in [1.82, 2.24) is 0 Å². The summed E-state index contributed by atoms with van der Waals surface area (Å²) in [4.78, 5) is 0. The number of hydrogen-bond donors (Lipinski definition) is 1. The minimum absolute atomic E-state index is 0.0841. The zero-order valence-corrected chi connectivity index (χ0v) is 10.1. The van der Waals surface area contributed by atoms with E-state index >= 15 is 0 Å². The Bertz CT molecular complexity index is 532. The number of rotatable bonds is 2. The molecule has 0 spiro atoms. The molecule has 0 fully saturated rings. The molecule has 2 rings (SSSR count). The molecule has 0 heterocycles. The third kappa shape index (κ3) is 2.53. The molecule has 0 aliphatic carbocycles. The molecule has 88 valence electrons. The van der Waals surface area contributed by atoms with E-state index in [0.29, 0.717) is 5.56 Å². The molecule has 1 unspecified atom stereocenters.